The number of ether oxygens (including phenoxy) is 3. The van der Waals surface area contributed by atoms with Crippen LogP contribution in [0.25, 0.3) is 0 Å². The Hall–Kier alpha value is -8.23. The molecule has 0 heterocycles. The van der Waals surface area contributed by atoms with Crippen molar-refractivity contribution >= 4 is 74.9 Å². The molecular weight excluding hydrogens is 1470 g/mol. The number of methoxy groups -OCH3 is 3. The van der Waals surface area contributed by atoms with E-state index in [2.05, 4.69) is 238 Å². The first-order chi connectivity index (χ1) is 50.3. The lowest BCUT2D eigenvalue weighted by Crippen LogP contribution is -2.34. The first-order valence-electron chi connectivity index (χ1n) is 38.7. The third kappa shape index (κ3) is 20.5. The normalized spacial score (nSPS) is 16.7. The SMILES string of the molecule is C.C.CCN(c1ccc(C(=O)O)cc1)c1cc2c(cc1C)C(C)(C)CCC2(C)C.CCN(c1ccc(C(=O)OC)cc1)c1cc2c(cc1C)C(C)(C)CCC2(C)C.COC(=O)c1ccc(Cc2cc3c(cc2C)C(C)(C)CCC3(C)C)cc1.COC(=O)c1ccc(I)cc1.Cc1cc2c(cc1N)C(C)(C)CCC2(C)C. The number of nitrogen functional groups attached to an aromatic ring is 1. The Labute approximate surface area is 676 Å². The number of halogens is 1. The molecule has 8 aromatic rings. The first kappa shape index (κ1) is 90.7. The maximum absolute atomic E-state index is 11.7. The molecular formula is C98H132IN3O8. The summed E-state index contributed by atoms with van der Waals surface area (Å²) in [7, 11) is 4.20. The predicted molar refractivity (Wildman–Crippen MR) is 471 cm³/mol. The molecule has 0 amide bonds. The van der Waals surface area contributed by atoms with Gasteiger partial charge >= 0.3 is 23.9 Å². The molecule has 12 heteroatoms. The molecule has 0 bridgehead atoms. The third-order valence-electron chi connectivity index (χ3n) is 24.2. The molecule has 594 valence electrons. The molecule has 0 spiro atoms. The summed E-state index contributed by atoms with van der Waals surface area (Å²) >= 11 is 2.18. The molecule has 0 aliphatic heterocycles. The summed E-state index contributed by atoms with van der Waals surface area (Å²) in [6.45, 7) is 52.4. The zero-order chi connectivity index (χ0) is 80.2. The van der Waals surface area contributed by atoms with E-state index < -0.39 is 5.97 Å². The summed E-state index contributed by atoms with van der Waals surface area (Å²) in [6, 6.07) is 48.7. The monoisotopic (exact) mass is 1610 g/mol. The summed E-state index contributed by atoms with van der Waals surface area (Å²) in [4.78, 5) is 50.0. The van der Waals surface area contributed by atoms with Crippen molar-refractivity contribution in [2.75, 3.05) is 50.0 Å². The number of nitrogens with two attached hydrogens (primary N) is 1. The Morgan fingerprint density at radius 1 is 0.373 bits per heavy atom. The van der Waals surface area contributed by atoms with Crippen molar-refractivity contribution in [2.45, 2.75) is 268 Å². The molecule has 3 N–H and O–H groups in total. The summed E-state index contributed by atoms with van der Waals surface area (Å²) in [5.41, 5.74) is 35.0. The van der Waals surface area contributed by atoms with Crippen LogP contribution < -0.4 is 15.5 Å². The van der Waals surface area contributed by atoms with Crippen LogP contribution in [0.15, 0.2) is 146 Å². The highest BCUT2D eigenvalue weighted by Crippen LogP contribution is 2.52. The number of carboxylic acid groups (broad SMARTS) is 1. The zero-order valence-corrected chi connectivity index (χ0v) is 71.9. The smallest absolute Gasteiger partial charge is 0.337 e. The number of aromatic carboxylic acids is 1. The summed E-state index contributed by atoms with van der Waals surface area (Å²) in [5.74, 6) is -1.77. The summed E-state index contributed by atoms with van der Waals surface area (Å²) in [5, 5.41) is 9.16. The molecule has 110 heavy (non-hydrogen) atoms. The summed E-state index contributed by atoms with van der Waals surface area (Å²) in [6.07, 6.45) is 10.7. The van der Waals surface area contributed by atoms with Gasteiger partial charge in [0.1, 0.15) is 0 Å². The van der Waals surface area contributed by atoms with Crippen molar-refractivity contribution in [3.05, 3.63) is 249 Å². The molecule has 0 saturated heterocycles. The molecule has 12 rings (SSSR count). The number of hydrogen-bond donors (Lipinski definition) is 2. The number of carboxylic acids is 1. The van der Waals surface area contributed by atoms with Crippen LogP contribution in [0.2, 0.25) is 0 Å². The molecule has 0 fully saturated rings. The zero-order valence-electron chi connectivity index (χ0n) is 69.8. The van der Waals surface area contributed by atoms with E-state index in [4.69, 9.17) is 20.3 Å². The fourth-order valence-corrected chi connectivity index (χ4v) is 16.5. The Kier molecular flexibility index (Phi) is 29.4. The average molecular weight is 1610 g/mol. The van der Waals surface area contributed by atoms with Crippen LogP contribution in [-0.4, -0.2) is 63.4 Å². The quantitative estimate of drug-likeness (QED) is 0.0521. The topological polar surface area (TPSA) is 149 Å². The van der Waals surface area contributed by atoms with Gasteiger partial charge in [-0.1, -0.05) is 168 Å². The fraction of sp³-hybridized carbons (Fsp3) is 0.469. The number of hydrogen-bond acceptors (Lipinski definition) is 10. The fourth-order valence-electron chi connectivity index (χ4n) is 16.2. The van der Waals surface area contributed by atoms with Crippen LogP contribution in [0.5, 0.6) is 0 Å². The number of rotatable bonds is 12. The number of benzene rings is 8. The molecule has 0 saturated carbocycles. The molecule has 4 aliphatic carbocycles. The van der Waals surface area contributed by atoms with E-state index in [9.17, 15) is 19.2 Å². The number of esters is 3. The second-order valence-electron chi connectivity index (χ2n) is 35.8. The lowest BCUT2D eigenvalue weighted by molar-refractivity contribution is 0.0592. The van der Waals surface area contributed by atoms with Crippen molar-refractivity contribution < 1.29 is 38.5 Å². The Morgan fingerprint density at radius 2 is 0.627 bits per heavy atom. The van der Waals surface area contributed by atoms with E-state index in [1.807, 2.05) is 72.8 Å². The van der Waals surface area contributed by atoms with Gasteiger partial charge < -0.3 is 34.9 Å². The van der Waals surface area contributed by atoms with Crippen molar-refractivity contribution in [1.82, 2.24) is 0 Å². The predicted octanol–water partition coefficient (Wildman–Crippen LogP) is 25.5. The van der Waals surface area contributed by atoms with Crippen molar-refractivity contribution in [1.29, 1.82) is 0 Å². The van der Waals surface area contributed by atoms with Crippen LogP contribution >= 0.6 is 22.6 Å². The number of carbonyl (C=O) groups excluding carboxylic acids is 3. The molecule has 8 aromatic carbocycles. The molecule has 0 radical (unpaired) electrons. The molecule has 0 aromatic heterocycles. The van der Waals surface area contributed by atoms with E-state index >= 15 is 0 Å². The minimum atomic E-state index is -0.890. The van der Waals surface area contributed by atoms with Crippen LogP contribution in [0.1, 0.15) is 310 Å². The van der Waals surface area contributed by atoms with Gasteiger partial charge in [-0.25, -0.2) is 19.2 Å². The standard InChI is InChI=1S/C25H33NO2.C24H31NO2.C24H30O2.C15H23N.C8H7IO2.2CH4/c1-8-26(19-11-9-18(10-12-19)23(27)28-7)22-16-21-20(15-17(22)2)24(3,4)13-14-25(21,5)6;1-7-25(18-10-8-17(9-11-18)22(26)27)21-15-20-19(14-16(21)2)23(3,4)12-13-24(20,5)6;1-16-13-20-21(24(4,5)12-11-23(20,2)3)15-19(16)14-17-7-9-18(10-8-17)22(25)26-6;1-10-8-11-12(9-13(10)16)15(4,5)7-6-14(11,2)3;1-11-8(10)6-2-4-7(9)5-3-6;;/h9-12,15-16H,8,13-14H2,1-7H3;8-11,14-15H,7,12-13H2,1-6H3,(H,26,27);7-10,13,15H,11-12,14H2,1-6H3;8-9H,6-7,16H2,1-5H3;2-5H,1H3;2*1H4. The van der Waals surface area contributed by atoms with Gasteiger partial charge in [0.15, 0.2) is 0 Å². The Bertz CT molecular complexity index is 4510. The molecule has 0 atom stereocenters. The lowest BCUT2D eigenvalue weighted by Gasteiger charge is -2.43. The minimum absolute atomic E-state index is 0. The van der Waals surface area contributed by atoms with Crippen molar-refractivity contribution in [3.8, 4) is 0 Å². The van der Waals surface area contributed by atoms with Gasteiger partial charge in [-0.3, -0.25) is 0 Å². The maximum Gasteiger partial charge on any atom is 0.337 e. The van der Waals surface area contributed by atoms with Crippen LogP contribution in [-0.2, 0) is 64.0 Å². The lowest BCUT2D eigenvalue weighted by atomic mass is 9.62. The van der Waals surface area contributed by atoms with Gasteiger partial charge in [-0.2, -0.15) is 0 Å². The first-order valence-corrected chi connectivity index (χ1v) is 39.8. The van der Waals surface area contributed by atoms with Gasteiger partial charge in [0.25, 0.3) is 0 Å². The van der Waals surface area contributed by atoms with Gasteiger partial charge in [0.05, 0.1) is 43.6 Å². The van der Waals surface area contributed by atoms with Crippen LogP contribution in [0.4, 0.5) is 28.4 Å². The van der Waals surface area contributed by atoms with E-state index in [0.29, 0.717) is 27.7 Å². The van der Waals surface area contributed by atoms with Gasteiger partial charge in [-0.05, 0) is 346 Å². The van der Waals surface area contributed by atoms with E-state index in [1.54, 1.807) is 24.3 Å². The number of carbonyl (C=O) groups is 4. The maximum atomic E-state index is 11.7. The number of anilines is 5. The highest BCUT2D eigenvalue weighted by atomic mass is 127. The summed E-state index contributed by atoms with van der Waals surface area (Å²) < 4.78 is 15.2. The number of nitrogens with zero attached hydrogens (tertiary/aromatic N) is 2. The second-order valence-corrected chi connectivity index (χ2v) is 37.0. The van der Waals surface area contributed by atoms with Gasteiger partial charge in [0, 0.05) is 45.1 Å². The minimum Gasteiger partial charge on any atom is -0.478 e. The van der Waals surface area contributed by atoms with E-state index in [1.165, 1.54) is 162 Å². The highest BCUT2D eigenvalue weighted by Gasteiger charge is 2.42. The molecule has 0 unspecified atom stereocenters. The molecule has 4 aliphatic rings. The highest BCUT2D eigenvalue weighted by molar-refractivity contribution is 14.1. The Balaban J connectivity index is 0.000000220. The van der Waals surface area contributed by atoms with Crippen molar-refractivity contribution in [2.24, 2.45) is 0 Å². The van der Waals surface area contributed by atoms with Crippen LogP contribution in [0, 0.1) is 31.3 Å². The number of fused-ring (bicyclic) bond motifs is 4. The van der Waals surface area contributed by atoms with Crippen molar-refractivity contribution in [3.63, 3.8) is 0 Å². The van der Waals surface area contributed by atoms with E-state index in [-0.39, 0.29) is 70.7 Å². The van der Waals surface area contributed by atoms with Gasteiger partial charge in [0.2, 0.25) is 0 Å². The molecule has 11 nitrogen and oxygen atoms in total. The second kappa shape index (κ2) is 35.6. The van der Waals surface area contributed by atoms with Crippen LogP contribution in [0.3, 0.4) is 0 Å². The van der Waals surface area contributed by atoms with Gasteiger partial charge in [-0.15, -0.1) is 0 Å². The average Bonchev–Trinajstić information content (AvgIpc) is 0.763. The Morgan fingerprint density at radius 3 is 0.927 bits per heavy atom. The third-order valence-corrected chi connectivity index (χ3v) is 24.9. The number of aryl methyl sites for hydroxylation is 4. The van der Waals surface area contributed by atoms with E-state index in [0.717, 1.165) is 40.1 Å². The largest absolute Gasteiger partial charge is 0.478 e.